The highest BCUT2D eigenvalue weighted by Crippen LogP contribution is 2.30. The molecule has 0 aliphatic carbocycles. The van der Waals surface area contributed by atoms with Gasteiger partial charge in [0.25, 0.3) is 0 Å². The predicted octanol–water partition coefficient (Wildman–Crippen LogP) is 5.98. The van der Waals surface area contributed by atoms with E-state index in [4.69, 9.17) is 21.6 Å². The fourth-order valence-corrected chi connectivity index (χ4v) is 4.86. The average molecular weight is 473 g/mol. The van der Waals surface area contributed by atoms with Crippen molar-refractivity contribution in [2.45, 2.75) is 27.7 Å². The van der Waals surface area contributed by atoms with Gasteiger partial charge in [-0.25, -0.2) is 4.98 Å². The fraction of sp³-hybridized carbons (Fsp3) is 0.296. The maximum atomic E-state index is 6.17. The molecule has 6 nitrogen and oxygen atoms in total. The number of piperazine rings is 1. The third kappa shape index (κ3) is 4.50. The van der Waals surface area contributed by atoms with Crippen molar-refractivity contribution in [2.24, 2.45) is 0 Å². The Labute approximate surface area is 205 Å². The van der Waals surface area contributed by atoms with Crippen LogP contribution in [0, 0.1) is 27.7 Å². The number of rotatable bonds is 4. The number of hydrogen-bond acceptors (Lipinski definition) is 6. The lowest BCUT2D eigenvalue weighted by Crippen LogP contribution is -2.47. The summed E-state index contributed by atoms with van der Waals surface area (Å²) in [6, 6.07) is 14.4. The molecule has 1 aliphatic rings. The Hall–Kier alpha value is -3.38. The molecule has 1 saturated heterocycles. The van der Waals surface area contributed by atoms with Gasteiger partial charge in [0.1, 0.15) is 5.82 Å². The van der Waals surface area contributed by atoms with E-state index in [1.165, 1.54) is 16.8 Å². The van der Waals surface area contributed by atoms with Crippen LogP contribution in [0.2, 0.25) is 5.02 Å². The quantitative estimate of drug-likeness (QED) is 0.394. The third-order valence-electron chi connectivity index (χ3n) is 6.44. The van der Waals surface area contributed by atoms with Crippen molar-refractivity contribution in [2.75, 3.05) is 41.3 Å². The zero-order valence-corrected chi connectivity index (χ0v) is 20.8. The van der Waals surface area contributed by atoms with Crippen LogP contribution in [-0.2, 0) is 0 Å². The minimum atomic E-state index is 0.641. The van der Waals surface area contributed by atoms with E-state index in [0.29, 0.717) is 11.0 Å². The smallest absolute Gasteiger partial charge is 0.229 e. The Morgan fingerprint density at radius 1 is 0.824 bits per heavy atom. The van der Waals surface area contributed by atoms with Gasteiger partial charge in [-0.2, -0.15) is 4.98 Å². The van der Waals surface area contributed by atoms with E-state index in [1.807, 2.05) is 18.3 Å². The van der Waals surface area contributed by atoms with Crippen molar-refractivity contribution in [3.63, 3.8) is 0 Å². The van der Waals surface area contributed by atoms with Crippen LogP contribution < -0.4 is 15.1 Å². The molecule has 5 rings (SSSR count). The topological polar surface area (TPSA) is 57.2 Å². The van der Waals surface area contributed by atoms with Gasteiger partial charge >= 0.3 is 0 Å². The fourth-order valence-electron chi connectivity index (χ4n) is 4.69. The number of nitrogens with zero attached hydrogens (tertiary/aromatic N) is 5. The first-order valence-electron chi connectivity index (χ1n) is 11.6. The molecule has 0 spiro atoms. The molecule has 0 amide bonds. The largest absolute Gasteiger partial charge is 0.367 e. The third-order valence-corrected chi connectivity index (χ3v) is 6.68. The van der Waals surface area contributed by atoms with Crippen LogP contribution in [0.25, 0.3) is 10.9 Å². The summed E-state index contributed by atoms with van der Waals surface area (Å²) in [7, 11) is 0. The van der Waals surface area contributed by atoms with E-state index < -0.39 is 0 Å². The molecule has 0 saturated carbocycles. The molecule has 34 heavy (non-hydrogen) atoms. The predicted molar refractivity (Wildman–Crippen MR) is 142 cm³/mol. The summed E-state index contributed by atoms with van der Waals surface area (Å²) in [4.78, 5) is 18.9. The zero-order valence-electron chi connectivity index (χ0n) is 20.1. The van der Waals surface area contributed by atoms with Crippen molar-refractivity contribution in [3.8, 4) is 0 Å². The molecule has 1 fully saturated rings. The van der Waals surface area contributed by atoms with E-state index in [2.05, 4.69) is 78.1 Å². The first-order valence-corrected chi connectivity index (χ1v) is 12.0. The maximum absolute atomic E-state index is 6.17. The van der Waals surface area contributed by atoms with Crippen LogP contribution in [0.3, 0.4) is 0 Å². The number of fused-ring (bicyclic) bond motifs is 1. The van der Waals surface area contributed by atoms with Crippen LogP contribution in [0.4, 0.5) is 23.1 Å². The van der Waals surface area contributed by atoms with E-state index in [-0.39, 0.29) is 0 Å². The summed E-state index contributed by atoms with van der Waals surface area (Å²) >= 11 is 6.17. The van der Waals surface area contributed by atoms with E-state index in [9.17, 15) is 0 Å². The Bertz CT molecular complexity index is 1340. The standard InChI is InChI=1S/C27H29ClN6/c1-17-13-18(2)15-22(14-17)31-27-30-20(4)19(3)26(32-27)34-11-9-33(10-12-34)25-7-8-29-24-16-21(28)5-6-23(24)25/h5-8,13-16H,9-12H2,1-4H3,(H,30,31,32). The molecule has 174 valence electrons. The normalized spacial score (nSPS) is 14.0. The molecule has 0 atom stereocenters. The number of anilines is 4. The molecular weight excluding hydrogens is 444 g/mol. The summed E-state index contributed by atoms with van der Waals surface area (Å²) in [6.07, 6.45) is 1.86. The second-order valence-electron chi connectivity index (χ2n) is 9.05. The van der Waals surface area contributed by atoms with Crippen molar-refractivity contribution >= 4 is 45.6 Å². The summed E-state index contributed by atoms with van der Waals surface area (Å²) in [5.74, 6) is 1.65. The average Bonchev–Trinajstić information content (AvgIpc) is 2.80. The Balaban J connectivity index is 1.37. The Morgan fingerprint density at radius 3 is 2.26 bits per heavy atom. The molecule has 7 heteroatoms. The van der Waals surface area contributed by atoms with Crippen LogP contribution in [0.15, 0.2) is 48.7 Å². The molecule has 0 bridgehead atoms. The number of halogens is 1. The van der Waals surface area contributed by atoms with Gasteiger partial charge < -0.3 is 15.1 Å². The highest BCUT2D eigenvalue weighted by Gasteiger charge is 2.22. The molecule has 4 aromatic rings. The van der Waals surface area contributed by atoms with E-state index in [1.54, 1.807) is 0 Å². The summed E-state index contributed by atoms with van der Waals surface area (Å²) < 4.78 is 0. The van der Waals surface area contributed by atoms with Crippen LogP contribution >= 0.6 is 11.6 Å². The number of nitrogens with one attached hydrogen (secondary N) is 1. The Morgan fingerprint density at radius 2 is 1.53 bits per heavy atom. The number of aryl methyl sites for hydroxylation is 3. The van der Waals surface area contributed by atoms with Crippen LogP contribution in [0.5, 0.6) is 0 Å². The minimum absolute atomic E-state index is 0.641. The lowest BCUT2D eigenvalue weighted by molar-refractivity contribution is 0.646. The van der Waals surface area contributed by atoms with Gasteiger partial charge in [-0.3, -0.25) is 4.98 Å². The van der Waals surface area contributed by atoms with Crippen molar-refractivity contribution in [1.29, 1.82) is 0 Å². The Kier molecular flexibility index (Phi) is 6.00. The lowest BCUT2D eigenvalue weighted by atomic mass is 10.1. The van der Waals surface area contributed by atoms with Gasteiger partial charge in [0, 0.05) is 65.4 Å². The molecule has 2 aromatic carbocycles. The lowest BCUT2D eigenvalue weighted by Gasteiger charge is -2.37. The highest BCUT2D eigenvalue weighted by atomic mass is 35.5. The molecule has 3 heterocycles. The highest BCUT2D eigenvalue weighted by molar-refractivity contribution is 6.31. The van der Waals surface area contributed by atoms with Crippen LogP contribution in [0.1, 0.15) is 22.4 Å². The second-order valence-corrected chi connectivity index (χ2v) is 9.48. The monoisotopic (exact) mass is 472 g/mol. The van der Waals surface area contributed by atoms with Gasteiger partial charge in [-0.15, -0.1) is 0 Å². The first kappa shape index (κ1) is 22.4. The molecule has 1 aliphatic heterocycles. The molecule has 0 unspecified atom stereocenters. The molecule has 0 radical (unpaired) electrons. The van der Waals surface area contributed by atoms with E-state index in [0.717, 1.165) is 59.8 Å². The van der Waals surface area contributed by atoms with Crippen molar-refractivity contribution < 1.29 is 0 Å². The van der Waals surface area contributed by atoms with Gasteiger partial charge in [0.05, 0.1) is 5.52 Å². The van der Waals surface area contributed by atoms with Crippen LogP contribution in [-0.4, -0.2) is 41.1 Å². The van der Waals surface area contributed by atoms with Gasteiger partial charge in [-0.05, 0) is 75.2 Å². The molecule has 2 aromatic heterocycles. The second kappa shape index (κ2) is 9.11. The number of hydrogen-bond donors (Lipinski definition) is 1. The molecule has 1 N–H and O–H groups in total. The number of benzene rings is 2. The van der Waals surface area contributed by atoms with Gasteiger partial charge in [0.2, 0.25) is 5.95 Å². The van der Waals surface area contributed by atoms with Crippen molar-refractivity contribution in [1.82, 2.24) is 15.0 Å². The first-order chi connectivity index (χ1) is 16.4. The minimum Gasteiger partial charge on any atom is -0.367 e. The summed E-state index contributed by atoms with van der Waals surface area (Å²) in [6.45, 7) is 12.0. The molecular formula is C27H29ClN6. The SMILES string of the molecule is Cc1cc(C)cc(Nc2nc(C)c(C)c(N3CCN(c4ccnc5cc(Cl)ccc45)CC3)n2)c1. The van der Waals surface area contributed by atoms with E-state index >= 15 is 0 Å². The van der Waals surface area contributed by atoms with Gasteiger partial charge in [0.15, 0.2) is 0 Å². The summed E-state index contributed by atoms with van der Waals surface area (Å²) in [5, 5.41) is 5.26. The summed E-state index contributed by atoms with van der Waals surface area (Å²) in [5.41, 5.74) is 7.70. The van der Waals surface area contributed by atoms with Crippen molar-refractivity contribution in [3.05, 3.63) is 76.1 Å². The maximum Gasteiger partial charge on any atom is 0.229 e. The number of aromatic nitrogens is 3. The van der Waals surface area contributed by atoms with Gasteiger partial charge in [-0.1, -0.05) is 17.7 Å². The zero-order chi connectivity index (χ0) is 23.8. The number of pyridine rings is 1.